The maximum Gasteiger partial charge on any atom is 0.334 e. The van der Waals surface area contributed by atoms with Crippen LogP contribution in [0.4, 0.5) is 17.1 Å². The maximum atomic E-state index is 4.45. The maximum absolute atomic E-state index is 4.45. The van der Waals surface area contributed by atoms with E-state index in [2.05, 4.69) is 52.2 Å². The van der Waals surface area contributed by atoms with Gasteiger partial charge in [0.05, 0.1) is 5.11 Å². The lowest BCUT2D eigenvalue weighted by Crippen LogP contribution is -2.65. The molecule has 2 aromatic rings. The van der Waals surface area contributed by atoms with E-state index in [1.165, 1.54) is 5.56 Å². The molecule has 1 heterocycles. The Hall–Kier alpha value is -2.49. The smallest absolute Gasteiger partial charge is 0.334 e. The van der Waals surface area contributed by atoms with Gasteiger partial charge in [-0.05, 0) is 49.3 Å². The predicted octanol–water partition coefficient (Wildman–Crippen LogP) is 2.94. The Labute approximate surface area is 131 Å². The number of benzene rings is 2. The molecule has 0 aliphatic carbocycles. The number of hydrogen-bond donors (Lipinski definition) is 1. The second-order valence-corrected chi connectivity index (χ2v) is 6.26. The van der Waals surface area contributed by atoms with E-state index in [-0.39, 0.29) is 5.41 Å². The molecule has 22 heavy (non-hydrogen) atoms. The Balaban J connectivity index is 1.85. The van der Waals surface area contributed by atoms with Crippen molar-refractivity contribution in [3.63, 3.8) is 0 Å². The van der Waals surface area contributed by atoms with Crippen molar-refractivity contribution in [2.45, 2.75) is 19.3 Å². The van der Waals surface area contributed by atoms with Crippen LogP contribution in [0.5, 0.6) is 0 Å². The van der Waals surface area contributed by atoms with Crippen LogP contribution >= 0.6 is 0 Å². The molecule has 1 aliphatic heterocycles. The highest BCUT2D eigenvalue weighted by Gasteiger charge is 2.41. The molecule has 4 heteroatoms. The average Bonchev–Trinajstić information content (AvgIpc) is 2.77. The van der Waals surface area contributed by atoms with Gasteiger partial charge in [-0.2, -0.15) is 0 Å². The fraction of sp³-hybridized carbons (Fsp3) is 0.278. The van der Waals surface area contributed by atoms with Crippen LogP contribution < -0.4 is 9.89 Å². The van der Waals surface area contributed by atoms with Crippen LogP contribution in [0.25, 0.3) is 0 Å². The fourth-order valence-corrected chi connectivity index (χ4v) is 2.62. The van der Waals surface area contributed by atoms with Gasteiger partial charge in [-0.25, -0.2) is 4.99 Å². The highest BCUT2D eigenvalue weighted by atomic mass is 15.2. The zero-order chi connectivity index (χ0) is 15.7. The molecule has 1 N–H and O–H groups in total. The van der Waals surface area contributed by atoms with Crippen molar-refractivity contribution in [3.05, 3.63) is 54.1 Å². The summed E-state index contributed by atoms with van der Waals surface area (Å²) in [6, 6.07) is 16.3. The van der Waals surface area contributed by atoms with Crippen molar-refractivity contribution in [3.8, 4) is 0 Å². The van der Waals surface area contributed by atoms with Gasteiger partial charge in [0, 0.05) is 25.3 Å². The summed E-state index contributed by atoms with van der Waals surface area (Å²) >= 11 is 0. The number of nitrogens with one attached hydrogen (secondary N) is 1. The Bertz CT molecular complexity index is 740. The van der Waals surface area contributed by atoms with Crippen molar-refractivity contribution in [2.24, 2.45) is 10.2 Å². The minimum absolute atomic E-state index is 0.149. The molecule has 0 bridgehead atoms. The summed E-state index contributed by atoms with van der Waals surface area (Å²) in [7, 11) is 4.04. The van der Waals surface area contributed by atoms with E-state index in [0.717, 1.165) is 22.9 Å². The first-order valence-electron chi connectivity index (χ1n) is 7.41. The van der Waals surface area contributed by atoms with Crippen LogP contribution in [-0.4, -0.2) is 19.9 Å². The van der Waals surface area contributed by atoms with Crippen molar-refractivity contribution in [2.75, 3.05) is 19.0 Å². The van der Waals surface area contributed by atoms with Gasteiger partial charge in [0.2, 0.25) is 0 Å². The summed E-state index contributed by atoms with van der Waals surface area (Å²) in [6.45, 7) is 4.32. The van der Waals surface area contributed by atoms with Gasteiger partial charge in [0.25, 0.3) is 0 Å². The number of anilines is 1. The largest absolute Gasteiger partial charge is 0.378 e. The lowest BCUT2D eigenvalue weighted by Gasteiger charge is -2.13. The lowest BCUT2D eigenvalue weighted by molar-refractivity contribution is -0.352. The molecule has 4 nitrogen and oxygen atoms in total. The van der Waals surface area contributed by atoms with Gasteiger partial charge < -0.3 is 4.90 Å². The Kier molecular flexibility index (Phi) is 3.53. The van der Waals surface area contributed by atoms with Crippen molar-refractivity contribution in [1.29, 1.82) is 0 Å². The number of hydrogen-bond acceptors (Lipinski definition) is 3. The molecule has 0 aromatic heterocycles. The van der Waals surface area contributed by atoms with E-state index in [0.29, 0.717) is 0 Å². The van der Waals surface area contributed by atoms with E-state index in [4.69, 9.17) is 0 Å². The molecule has 0 amide bonds. The predicted molar refractivity (Wildman–Crippen MR) is 90.4 cm³/mol. The van der Waals surface area contributed by atoms with Gasteiger partial charge in [0.15, 0.2) is 0 Å². The van der Waals surface area contributed by atoms with E-state index < -0.39 is 0 Å². The molecule has 0 saturated heterocycles. The minimum Gasteiger partial charge on any atom is -0.378 e. The van der Waals surface area contributed by atoms with Crippen molar-refractivity contribution < 1.29 is 4.99 Å². The van der Waals surface area contributed by atoms with Crippen LogP contribution in [-0.2, 0) is 5.41 Å². The van der Waals surface area contributed by atoms with Crippen LogP contribution in [0.3, 0.4) is 0 Å². The fourth-order valence-electron chi connectivity index (χ4n) is 2.62. The van der Waals surface area contributed by atoms with Crippen molar-refractivity contribution in [1.82, 2.24) is 0 Å². The Morgan fingerprint density at radius 1 is 0.909 bits per heavy atom. The summed E-state index contributed by atoms with van der Waals surface area (Å²) in [6.07, 6.45) is 0. The van der Waals surface area contributed by atoms with Crippen LogP contribution in [0, 0.1) is 0 Å². The Morgan fingerprint density at radius 2 is 1.59 bits per heavy atom. The topological polar surface area (TPSA) is 41.9 Å². The van der Waals surface area contributed by atoms with Crippen LogP contribution in [0.15, 0.2) is 58.8 Å². The summed E-state index contributed by atoms with van der Waals surface area (Å²) in [5.41, 5.74) is 4.23. The molecule has 112 valence electrons. The van der Waals surface area contributed by atoms with Crippen molar-refractivity contribution >= 4 is 22.9 Å². The minimum atomic E-state index is -0.149. The normalized spacial score (nSPS) is 15.7. The molecular weight excluding hydrogens is 272 g/mol. The molecule has 3 rings (SSSR count). The number of amidine groups is 1. The van der Waals surface area contributed by atoms with E-state index in [1.54, 1.807) is 0 Å². The molecule has 0 spiro atoms. The standard InChI is InChI=1S/C18H20N4/c1-18(2)15-7-5-6-8-16(15)19-17(18)21-20-13-9-11-14(12-10-13)22(3)4/h5-12H,1-4H3/p+1. The summed E-state index contributed by atoms with van der Waals surface area (Å²) < 4.78 is 0. The van der Waals surface area contributed by atoms with Gasteiger partial charge >= 0.3 is 5.84 Å². The molecule has 0 atom stereocenters. The first-order chi connectivity index (χ1) is 10.5. The SMILES string of the molecule is CN(C)c1ccc(N=NC2=[NH+]c3ccccc3C2(C)C)cc1. The number of para-hydroxylation sites is 1. The molecule has 0 unspecified atom stereocenters. The third-order valence-corrected chi connectivity index (χ3v) is 4.08. The summed E-state index contributed by atoms with van der Waals surface area (Å²) in [5.74, 6) is 0.880. The Morgan fingerprint density at radius 3 is 2.23 bits per heavy atom. The van der Waals surface area contributed by atoms with Crippen LogP contribution in [0.1, 0.15) is 19.4 Å². The van der Waals surface area contributed by atoms with Gasteiger partial charge in [-0.1, -0.05) is 18.2 Å². The zero-order valence-electron chi connectivity index (χ0n) is 13.5. The molecule has 0 saturated carbocycles. The molecule has 2 aromatic carbocycles. The van der Waals surface area contributed by atoms with Gasteiger partial charge in [-0.3, -0.25) is 0 Å². The van der Waals surface area contributed by atoms with E-state index >= 15 is 0 Å². The number of nitrogens with zero attached hydrogens (tertiary/aromatic N) is 3. The molecule has 1 aliphatic rings. The first-order valence-corrected chi connectivity index (χ1v) is 7.41. The molecule has 0 fully saturated rings. The number of rotatable bonds is 2. The summed E-state index contributed by atoms with van der Waals surface area (Å²) in [4.78, 5) is 5.44. The quantitative estimate of drug-likeness (QED) is 0.850. The highest BCUT2D eigenvalue weighted by Crippen LogP contribution is 2.32. The lowest BCUT2D eigenvalue weighted by atomic mass is 9.85. The third-order valence-electron chi connectivity index (χ3n) is 4.08. The molecular formula is C18H21N4+. The summed E-state index contributed by atoms with van der Waals surface area (Å²) in [5, 5.41) is 8.83. The monoisotopic (exact) mass is 293 g/mol. The number of fused-ring (bicyclic) bond motifs is 1. The van der Waals surface area contributed by atoms with E-state index in [9.17, 15) is 0 Å². The first kappa shape index (κ1) is 14.4. The number of azo groups is 1. The molecule has 0 radical (unpaired) electrons. The second kappa shape index (κ2) is 5.37. The van der Waals surface area contributed by atoms with E-state index in [1.807, 2.05) is 44.4 Å². The highest BCUT2D eigenvalue weighted by molar-refractivity contribution is 5.92. The zero-order valence-corrected chi connectivity index (χ0v) is 13.5. The third kappa shape index (κ3) is 2.52. The van der Waals surface area contributed by atoms with Gasteiger partial charge in [0.1, 0.15) is 16.8 Å². The van der Waals surface area contributed by atoms with Gasteiger partial charge in [-0.15, -0.1) is 0 Å². The second-order valence-electron chi connectivity index (χ2n) is 6.26. The van der Waals surface area contributed by atoms with Crippen LogP contribution in [0.2, 0.25) is 0 Å². The average molecular weight is 293 g/mol.